The Bertz CT molecular complexity index is 377. The summed E-state index contributed by atoms with van der Waals surface area (Å²) in [6.45, 7) is 23.3. The second kappa shape index (κ2) is 35.5. The minimum absolute atomic E-state index is 0.279. The maximum atomic E-state index is 11.2. The van der Waals surface area contributed by atoms with Gasteiger partial charge in [-0.1, -0.05) is 101 Å². The Morgan fingerprint density at radius 2 is 1.34 bits per heavy atom. The molecule has 0 radical (unpaired) electrons. The van der Waals surface area contributed by atoms with Crippen LogP contribution >= 0.6 is 0 Å². The molecule has 0 aliphatic carbocycles. The SMILES string of the molecule is CC.CC.CCCCOCCCC(CN(C)CC(C)C)C(=O)O.CNCCCCCCCC(C)C. The Labute approximate surface area is 222 Å². The fourth-order valence-corrected chi connectivity index (χ4v) is 3.53. The van der Waals surface area contributed by atoms with Gasteiger partial charge < -0.3 is 20.1 Å². The normalized spacial score (nSPS) is 11.3. The summed E-state index contributed by atoms with van der Waals surface area (Å²) in [6.07, 6.45) is 12.2. The maximum Gasteiger partial charge on any atom is 0.307 e. The number of aliphatic carboxylic acids is 1. The first-order chi connectivity index (χ1) is 16.7. The quantitative estimate of drug-likeness (QED) is 0.164. The molecule has 35 heavy (non-hydrogen) atoms. The Morgan fingerprint density at radius 1 is 0.800 bits per heavy atom. The second-order valence-corrected chi connectivity index (χ2v) is 9.81. The van der Waals surface area contributed by atoms with Crippen molar-refractivity contribution in [1.82, 2.24) is 10.2 Å². The van der Waals surface area contributed by atoms with Crippen LogP contribution in [0.3, 0.4) is 0 Å². The topological polar surface area (TPSA) is 61.8 Å². The summed E-state index contributed by atoms with van der Waals surface area (Å²) in [6, 6.07) is 0. The van der Waals surface area contributed by atoms with Crippen LogP contribution in [-0.4, -0.2) is 62.9 Å². The lowest BCUT2D eigenvalue weighted by Crippen LogP contribution is -2.33. The minimum Gasteiger partial charge on any atom is -0.481 e. The largest absolute Gasteiger partial charge is 0.481 e. The van der Waals surface area contributed by atoms with Crippen LogP contribution in [0.15, 0.2) is 0 Å². The molecule has 5 nitrogen and oxygen atoms in total. The number of ether oxygens (including phenoxy) is 1. The molecule has 0 aromatic heterocycles. The van der Waals surface area contributed by atoms with Crippen molar-refractivity contribution in [2.24, 2.45) is 17.8 Å². The van der Waals surface area contributed by atoms with Crippen molar-refractivity contribution in [2.45, 2.75) is 127 Å². The van der Waals surface area contributed by atoms with Crippen molar-refractivity contribution in [3.8, 4) is 0 Å². The van der Waals surface area contributed by atoms with Gasteiger partial charge in [0.15, 0.2) is 0 Å². The first kappa shape index (κ1) is 41.5. The fraction of sp³-hybridized carbons (Fsp3) is 0.967. The first-order valence-electron chi connectivity index (χ1n) is 14.9. The van der Waals surface area contributed by atoms with Gasteiger partial charge >= 0.3 is 5.97 Å². The Morgan fingerprint density at radius 3 is 1.83 bits per heavy atom. The predicted molar refractivity (Wildman–Crippen MR) is 158 cm³/mol. The predicted octanol–water partition coefficient (Wildman–Crippen LogP) is 8.13. The van der Waals surface area contributed by atoms with Crippen LogP contribution in [-0.2, 0) is 9.53 Å². The van der Waals surface area contributed by atoms with Crippen LogP contribution in [0.5, 0.6) is 0 Å². The van der Waals surface area contributed by atoms with Gasteiger partial charge in [0.2, 0.25) is 0 Å². The molecule has 0 heterocycles. The molecule has 0 fully saturated rings. The Hall–Kier alpha value is -0.650. The third kappa shape index (κ3) is 40.8. The van der Waals surface area contributed by atoms with E-state index >= 15 is 0 Å². The molecule has 0 rings (SSSR count). The van der Waals surface area contributed by atoms with Gasteiger partial charge in [-0.2, -0.15) is 0 Å². The number of carboxylic acids is 1. The summed E-state index contributed by atoms with van der Waals surface area (Å²) in [5.41, 5.74) is 0. The van der Waals surface area contributed by atoms with Gasteiger partial charge in [-0.25, -0.2) is 0 Å². The highest BCUT2D eigenvalue weighted by atomic mass is 16.5. The van der Waals surface area contributed by atoms with Crippen molar-refractivity contribution in [1.29, 1.82) is 0 Å². The Kier molecular flexibility index (Phi) is 42.1. The van der Waals surface area contributed by atoms with Crippen molar-refractivity contribution in [3.05, 3.63) is 0 Å². The van der Waals surface area contributed by atoms with E-state index in [1.165, 1.54) is 45.1 Å². The highest BCUT2D eigenvalue weighted by Crippen LogP contribution is 2.11. The summed E-state index contributed by atoms with van der Waals surface area (Å²) < 4.78 is 5.47. The fourth-order valence-electron chi connectivity index (χ4n) is 3.53. The zero-order valence-corrected chi connectivity index (χ0v) is 26.0. The highest BCUT2D eigenvalue weighted by molar-refractivity contribution is 5.70. The summed E-state index contributed by atoms with van der Waals surface area (Å²) >= 11 is 0. The van der Waals surface area contributed by atoms with Crippen molar-refractivity contribution < 1.29 is 14.6 Å². The van der Waals surface area contributed by atoms with E-state index in [2.05, 4.69) is 44.8 Å². The summed E-state index contributed by atoms with van der Waals surface area (Å²) in [7, 11) is 4.02. The monoisotopic (exact) mass is 505 g/mol. The highest BCUT2D eigenvalue weighted by Gasteiger charge is 2.19. The van der Waals surface area contributed by atoms with E-state index in [1.54, 1.807) is 0 Å². The summed E-state index contributed by atoms with van der Waals surface area (Å²) in [5.74, 6) is 0.488. The van der Waals surface area contributed by atoms with Gasteiger partial charge in [0.05, 0.1) is 5.92 Å². The number of nitrogens with one attached hydrogen (secondary N) is 1. The van der Waals surface area contributed by atoms with E-state index in [-0.39, 0.29) is 5.92 Å². The molecule has 0 aromatic rings. The van der Waals surface area contributed by atoms with Crippen molar-refractivity contribution >= 4 is 5.97 Å². The van der Waals surface area contributed by atoms with E-state index in [4.69, 9.17) is 4.74 Å². The molecular weight excluding hydrogens is 436 g/mol. The molecule has 2 N–H and O–H groups in total. The van der Waals surface area contributed by atoms with Gasteiger partial charge in [-0.15, -0.1) is 0 Å². The summed E-state index contributed by atoms with van der Waals surface area (Å²) in [4.78, 5) is 13.3. The van der Waals surface area contributed by atoms with Crippen LogP contribution in [0.1, 0.15) is 127 Å². The van der Waals surface area contributed by atoms with Gasteiger partial charge in [0.25, 0.3) is 0 Å². The molecule has 1 unspecified atom stereocenters. The lowest BCUT2D eigenvalue weighted by molar-refractivity contribution is -0.142. The molecule has 5 heteroatoms. The molecular formula is C30H68N2O3. The smallest absolute Gasteiger partial charge is 0.307 e. The maximum absolute atomic E-state index is 11.2. The average molecular weight is 505 g/mol. The number of carbonyl (C=O) groups is 1. The van der Waals surface area contributed by atoms with Gasteiger partial charge in [-0.05, 0) is 58.2 Å². The lowest BCUT2D eigenvalue weighted by atomic mass is 10.0. The molecule has 216 valence electrons. The number of rotatable bonds is 20. The van der Waals surface area contributed by atoms with Crippen LogP contribution in [0.25, 0.3) is 0 Å². The molecule has 0 aromatic carbocycles. The Balaban J connectivity index is -0.000000258. The number of unbranched alkanes of at least 4 members (excludes halogenated alkanes) is 5. The molecule has 0 bridgehead atoms. The molecule has 0 saturated heterocycles. The zero-order chi connectivity index (χ0) is 27.9. The second-order valence-electron chi connectivity index (χ2n) is 9.81. The molecule has 0 aliphatic rings. The molecule has 0 amide bonds. The van der Waals surface area contributed by atoms with Crippen molar-refractivity contribution in [2.75, 3.05) is 46.9 Å². The molecule has 0 saturated carbocycles. The van der Waals surface area contributed by atoms with Gasteiger partial charge in [0.1, 0.15) is 0 Å². The zero-order valence-electron chi connectivity index (χ0n) is 26.0. The minimum atomic E-state index is -0.691. The van der Waals surface area contributed by atoms with Crippen LogP contribution in [0.2, 0.25) is 0 Å². The van der Waals surface area contributed by atoms with Crippen LogP contribution < -0.4 is 5.32 Å². The molecule has 1 atom stereocenters. The summed E-state index contributed by atoms with van der Waals surface area (Å²) in [5, 5.41) is 12.4. The number of nitrogens with zero attached hydrogens (tertiary/aromatic N) is 1. The number of carboxylic acid groups (broad SMARTS) is 1. The molecule has 0 aliphatic heterocycles. The van der Waals surface area contributed by atoms with Crippen LogP contribution in [0.4, 0.5) is 0 Å². The number of hydrogen-bond acceptors (Lipinski definition) is 4. The molecule has 0 spiro atoms. The van der Waals surface area contributed by atoms with Gasteiger partial charge in [-0.3, -0.25) is 4.79 Å². The van der Waals surface area contributed by atoms with E-state index in [0.717, 1.165) is 38.3 Å². The van der Waals surface area contributed by atoms with Crippen LogP contribution in [0, 0.1) is 17.8 Å². The average Bonchev–Trinajstić information content (AvgIpc) is 2.82. The van der Waals surface area contributed by atoms with E-state index in [0.29, 0.717) is 25.5 Å². The standard InChI is InChI=1S/C15H31NO3.C11H25N.2C2H6/c1-5-6-9-19-10-7-8-14(15(17)18)12-16(4)11-13(2)3;1-11(2)9-7-5-4-6-8-10-12-3;2*1-2/h13-14H,5-12H2,1-4H3,(H,17,18);11-12H,4-10H2,1-3H3;2*1-2H3. The van der Waals surface area contributed by atoms with E-state index in [9.17, 15) is 9.90 Å². The van der Waals surface area contributed by atoms with Gasteiger partial charge in [0, 0.05) is 26.3 Å². The van der Waals surface area contributed by atoms with E-state index < -0.39 is 5.97 Å². The third-order valence-electron chi connectivity index (χ3n) is 5.25. The van der Waals surface area contributed by atoms with E-state index in [1.807, 2.05) is 41.8 Å². The lowest BCUT2D eigenvalue weighted by Gasteiger charge is -2.23. The third-order valence-corrected chi connectivity index (χ3v) is 5.25. The first-order valence-corrected chi connectivity index (χ1v) is 14.9. The van der Waals surface area contributed by atoms with Crippen molar-refractivity contribution in [3.63, 3.8) is 0 Å². The number of hydrogen-bond donors (Lipinski definition) is 2.